The number of amides is 2. The standard InChI is InChI=1S/C25H29N3O4/c1-27(25(30)18-7-6-8-18)16-24(29)28-22(20-9-4-5-10-23(20)32-3)15-21(26-28)17-11-13-19(31-2)14-12-17/h4-5,9-14,18,22H,6-8,15-16H2,1-3H3/t22-/m1/s1. The largest absolute Gasteiger partial charge is 0.497 e. The third-order valence-electron chi connectivity index (χ3n) is 6.29. The number of ether oxygens (including phenoxy) is 2. The predicted octanol–water partition coefficient (Wildman–Crippen LogP) is 3.64. The molecule has 4 rings (SSSR count). The number of para-hydroxylation sites is 1. The van der Waals surface area contributed by atoms with E-state index in [2.05, 4.69) is 0 Å². The van der Waals surface area contributed by atoms with Crippen LogP contribution in [0.5, 0.6) is 11.5 Å². The third kappa shape index (κ3) is 4.33. The molecule has 0 saturated heterocycles. The number of carbonyl (C=O) groups is 2. The summed E-state index contributed by atoms with van der Waals surface area (Å²) in [6.45, 7) is 0.000372. The Bertz CT molecular complexity index is 1010. The molecule has 1 aliphatic carbocycles. The Kier molecular flexibility index (Phi) is 6.44. The molecule has 2 aliphatic rings. The number of likely N-dealkylation sites (N-methyl/N-ethyl adjacent to an activating group) is 1. The van der Waals surface area contributed by atoms with E-state index in [-0.39, 0.29) is 30.3 Å². The highest BCUT2D eigenvalue weighted by Crippen LogP contribution is 2.37. The van der Waals surface area contributed by atoms with E-state index in [1.807, 2.05) is 48.5 Å². The molecule has 0 N–H and O–H groups in total. The second-order valence-corrected chi connectivity index (χ2v) is 8.30. The molecule has 0 aromatic heterocycles. The van der Waals surface area contributed by atoms with Crippen molar-refractivity contribution in [2.45, 2.75) is 31.7 Å². The molecular weight excluding hydrogens is 406 g/mol. The zero-order chi connectivity index (χ0) is 22.7. The van der Waals surface area contributed by atoms with Crippen LogP contribution < -0.4 is 9.47 Å². The normalized spacial score (nSPS) is 18.0. The van der Waals surface area contributed by atoms with Crippen molar-refractivity contribution in [3.63, 3.8) is 0 Å². The van der Waals surface area contributed by atoms with E-state index in [0.29, 0.717) is 12.2 Å². The highest BCUT2D eigenvalue weighted by atomic mass is 16.5. The smallest absolute Gasteiger partial charge is 0.262 e. The second kappa shape index (κ2) is 9.42. The molecule has 32 heavy (non-hydrogen) atoms. The number of hydrogen-bond donors (Lipinski definition) is 0. The quantitative estimate of drug-likeness (QED) is 0.666. The monoisotopic (exact) mass is 435 g/mol. The molecule has 0 bridgehead atoms. The van der Waals surface area contributed by atoms with Crippen molar-refractivity contribution < 1.29 is 19.1 Å². The fraction of sp³-hybridized carbons (Fsp3) is 0.400. The number of hydrogen-bond acceptors (Lipinski definition) is 5. The van der Waals surface area contributed by atoms with Crippen LogP contribution in [-0.2, 0) is 9.59 Å². The SMILES string of the molecule is COc1ccc(C2=NN(C(=O)CN(C)C(=O)C3CCC3)[C@@H](c3ccccc3OC)C2)cc1. The van der Waals surface area contributed by atoms with Gasteiger partial charge in [0.2, 0.25) is 5.91 Å². The summed E-state index contributed by atoms with van der Waals surface area (Å²) >= 11 is 0. The molecule has 2 aromatic rings. The molecule has 7 nitrogen and oxygen atoms in total. The summed E-state index contributed by atoms with van der Waals surface area (Å²) in [6.07, 6.45) is 3.45. The maximum Gasteiger partial charge on any atom is 0.262 e. The lowest BCUT2D eigenvalue weighted by Crippen LogP contribution is -2.42. The van der Waals surface area contributed by atoms with E-state index in [0.717, 1.165) is 41.9 Å². The minimum Gasteiger partial charge on any atom is -0.497 e. The topological polar surface area (TPSA) is 71.4 Å². The van der Waals surface area contributed by atoms with Crippen molar-refractivity contribution in [1.82, 2.24) is 9.91 Å². The van der Waals surface area contributed by atoms with Crippen LogP contribution >= 0.6 is 0 Å². The van der Waals surface area contributed by atoms with Crippen molar-refractivity contribution in [2.24, 2.45) is 11.0 Å². The van der Waals surface area contributed by atoms with Crippen LogP contribution in [0, 0.1) is 5.92 Å². The molecular formula is C25H29N3O4. The van der Waals surface area contributed by atoms with Gasteiger partial charge in [0.15, 0.2) is 0 Å². The van der Waals surface area contributed by atoms with E-state index in [9.17, 15) is 9.59 Å². The number of methoxy groups -OCH3 is 2. The van der Waals surface area contributed by atoms with Crippen LogP contribution in [0.1, 0.15) is 42.9 Å². The van der Waals surface area contributed by atoms with Crippen LogP contribution in [0.2, 0.25) is 0 Å². The van der Waals surface area contributed by atoms with Crippen LogP contribution in [0.3, 0.4) is 0 Å². The Balaban J connectivity index is 1.61. The molecule has 2 amide bonds. The first-order valence-corrected chi connectivity index (χ1v) is 10.9. The van der Waals surface area contributed by atoms with Crippen molar-refractivity contribution in [3.05, 3.63) is 59.7 Å². The Morgan fingerprint density at radius 2 is 1.78 bits per heavy atom. The van der Waals surface area contributed by atoms with Gasteiger partial charge < -0.3 is 14.4 Å². The van der Waals surface area contributed by atoms with Crippen molar-refractivity contribution in [2.75, 3.05) is 27.8 Å². The van der Waals surface area contributed by atoms with Gasteiger partial charge in [-0.3, -0.25) is 9.59 Å². The minimum atomic E-state index is -0.303. The van der Waals surface area contributed by atoms with Gasteiger partial charge in [-0.25, -0.2) is 5.01 Å². The first kappa shape index (κ1) is 21.9. The summed E-state index contributed by atoms with van der Waals surface area (Å²) in [6, 6.07) is 15.0. The Morgan fingerprint density at radius 1 is 1.06 bits per heavy atom. The van der Waals surface area contributed by atoms with E-state index in [4.69, 9.17) is 14.6 Å². The molecule has 7 heteroatoms. The molecule has 0 unspecified atom stereocenters. The Hall–Kier alpha value is -3.35. The summed E-state index contributed by atoms with van der Waals surface area (Å²) < 4.78 is 10.8. The zero-order valence-electron chi connectivity index (χ0n) is 18.8. The number of hydrazone groups is 1. The summed E-state index contributed by atoms with van der Waals surface area (Å²) in [7, 11) is 4.94. The predicted molar refractivity (Wildman–Crippen MR) is 122 cm³/mol. The maximum absolute atomic E-state index is 13.3. The molecule has 168 valence electrons. The van der Waals surface area contributed by atoms with Gasteiger partial charge >= 0.3 is 0 Å². The van der Waals surface area contributed by atoms with E-state index in [1.165, 1.54) is 9.91 Å². The van der Waals surface area contributed by atoms with Crippen LogP contribution in [0.25, 0.3) is 0 Å². The summed E-state index contributed by atoms with van der Waals surface area (Å²) in [4.78, 5) is 27.4. The third-order valence-corrected chi connectivity index (χ3v) is 6.29. The van der Waals surface area contributed by atoms with Crippen molar-refractivity contribution in [1.29, 1.82) is 0 Å². The molecule has 0 spiro atoms. The molecule has 0 radical (unpaired) electrons. The molecule has 1 heterocycles. The summed E-state index contributed by atoms with van der Waals surface area (Å²) in [5, 5.41) is 6.22. The van der Waals surface area contributed by atoms with Crippen LogP contribution in [-0.4, -0.2) is 55.2 Å². The maximum atomic E-state index is 13.3. The Labute approximate surface area is 188 Å². The van der Waals surface area contributed by atoms with Crippen LogP contribution in [0.4, 0.5) is 0 Å². The number of nitrogens with zero attached hydrogens (tertiary/aromatic N) is 3. The molecule has 2 aromatic carbocycles. The van der Waals surface area contributed by atoms with Gasteiger partial charge in [0, 0.05) is 24.9 Å². The lowest BCUT2D eigenvalue weighted by Gasteiger charge is -2.30. The second-order valence-electron chi connectivity index (χ2n) is 8.30. The van der Waals surface area contributed by atoms with Gasteiger partial charge in [-0.05, 0) is 48.7 Å². The van der Waals surface area contributed by atoms with Gasteiger partial charge in [-0.1, -0.05) is 24.6 Å². The molecule has 1 saturated carbocycles. The van der Waals surface area contributed by atoms with Gasteiger partial charge in [0.25, 0.3) is 5.91 Å². The van der Waals surface area contributed by atoms with Crippen molar-refractivity contribution in [3.8, 4) is 11.5 Å². The van der Waals surface area contributed by atoms with E-state index >= 15 is 0 Å². The zero-order valence-corrected chi connectivity index (χ0v) is 18.8. The fourth-order valence-electron chi connectivity index (χ4n) is 4.20. The fourth-order valence-corrected chi connectivity index (χ4v) is 4.20. The minimum absolute atomic E-state index is 0.000372. The van der Waals surface area contributed by atoms with Gasteiger partial charge in [0.05, 0.1) is 26.0 Å². The lowest BCUT2D eigenvalue weighted by molar-refractivity contribution is -0.144. The number of rotatable bonds is 7. The van der Waals surface area contributed by atoms with E-state index < -0.39 is 0 Å². The summed E-state index contributed by atoms with van der Waals surface area (Å²) in [5.74, 6) is 1.35. The van der Waals surface area contributed by atoms with Crippen molar-refractivity contribution >= 4 is 17.5 Å². The number of carbonyl (C=O) groups excluding carboxylic acids is 2. The van der Waals surface area contributed by atoms with Gasteiger partial charge in [-0.15, -0.1) is 0 Å². The molecule has 1 fully saturated rings. The molecule has 1 aliphatic heterocycles. The number of benzene rings is 2. The highest BCUT2D eigenvalue weighted by molar-refractivity contribution is 6.03. The average molecular weight is 436 g/mol. The lowest BCUT2D eigenvalue weighted by atomic mass is 9.84. The van der Waals surface area contributed by atoms with E-state index in [1.54, 1.807) is 21.3 Å². The molecule has 1 atom stereocenters. The highest BCUT2D eigenvalue weighted by Gasteiger charge is 2.36. The summed E-state index contributed by atoms with van der Waals surface area (Å²) in [5.41, 5.74) is 2.63. The Morgan fingerprint density at radius 3 is 2.41 bits per heavy atom. The van der Waals surface area contributed by atoms with Crippen LogP contribution in [0.15, 0.2) is 53.6 Å². The first-order valence-electron chi connectivity index (χ1n) is 10.9. The average Bonchev–Trinajstić information content (AvgIpc) is 3.23. The van der Waals surface area contributed by atoms with Gasteiger partial charge in [-0.2, -0.15) is 5.10 Å². The van der Waals surface area contributed by atoms with Gasteiger partial charge in [0.1, 0.15) is 18.0 Å². The first-order chi connectivity index (χ1) is 15.5.